The van der Waals surface area contributed by atoms with Gasteiger partial charge in [-0.3, -0.25) is 0 Å². The Morgan fingerprint density at radius 2 is 2.00 bits per heavy atom. The molecule has 0 atom stereocenters. The van der Waals surface area contributed by atoms with E-state index in [-0.39, 0.29) is 5.25 Å². The Morgan fingerprint density at radius 3 is 2.71 bits per heavy atom. The third kappa shape index (κ3) is 3.02. The van der Waals surface area contributed by atoms with Crippen LogP contribution in [0.4, 0.5) is 5.82 Å². The van der Waals surface area contributed by atoms with Gasteiger partial charge in [0.05, 0.1) is 10.6 Å². The number of sulfonamides is 1. The molecule has 2 aromatic rings. The number of anilines is 1. The maximum Gasteiger partial charge on any atom is 0.216 e. The second-order valence-electron chi connectivity index (χ2n) is 6.79. The van der Waals surface area contributed by atoms with Gasteiger partial charge in [0.25, 0.3) is 0 Å². The molecule has 1 saturated carbocycles. The van der Waals surface area contributed by atoms with Crippen molar-refractivity contribution in [3.8, 4) is 0 Å². The van der Waals surface area contributed by atoms with Crippen molar-refractivity contribution in [2.75, 3.05) is 31.6 Å². The van der Waals surface area contributed by atoms with Crippen molar-refractivity contribution in [2.45, 2.75) is 30.9 Å². The molecule has 1 aliphatic heterocycles. The fourth-order valence-corrected chi connectivity index (χ4v) is 5.83. The standard InChI is InChI=1S/C16H22N4O2S2/c1-19(24(21,22)13-2-3-13)10-12-4-7-20(8-5-12)15-14-6-9-23-16(14)18-11-17-15/h6,9,11-13H,2-5,7-8,10H2,1H3. The molecule has 0 radical (unpaired) electrons. The summed E-state index contributed by atoms with van der Waals surface area (Å²) in [5, 5.41) is 3.05. The number of thiophene rings is 1. The van der Waals surface area contributed by atoms with E-state index in [0.29, 0.717) is 12.5 Å². The van der Waals surface area contributed by atoms with Crippen LogP contribution in [-0.2, 0) is 10.0 Å². The van der Waals surface area contributed by atoms with Crippen molar-refractivity contribution in [2.24, 2.45) is 5.92 Å². The number of nitrogens with zero attached hydrogens (tertiary/aromatic N) is 4. The van der Waals surface area contributed by atoms with Crippen LogP contribution in [0.3, 0.4) is 0 Å². The average molecular weight is 367 g/mol. The van der Waals surface area contributed by atoms with Crippen LogP contribution in [0.25, 0.3) is 10.2 Å². The van der Waals surface area contributed by atoms with Gasteiger partial charge in [-0.25, -0.2) is 22.7 Å². The molecule has 0 aromatic carbocycles. The van der Waals surface area contributed by atoms with Crippen LogP contribution >= 0.6 is 11.3 Å². The number of hydrogen-bond donors (Lipinski definition) is 0. The summed E-state index contributed by atoms with van der Waals surface area (Å²) in [6.45, 7) is 2.48. The number of hydrogen-bond acceptors (Lipinski definition) is 6. The summed E-state index contributed by atoms with van der Waals surface area (Å²) in [7, 11) is -1.32. The molecule has 8 heteroatoms. The Bertz CT molecular complexity index is 823. The Labute approximate surface area is 146 Å². The highest BCUT2D eigenvalue weighted by atomic mass is 32.2. The van der Waals surface area contributed by atoms with Crippen molar-refractivity contribution in [3.05, 3.63) is 17.8 Å². The van der Waals surface area contributed by atoms with Crippen molar-refractivity contribution in [3.63, 3.8) is 0 Å². The SMILES string of the molecule is CN(CC1CCN(c2ncnc3sccc23)CC1)S(=O)(=O)C1CC1. The van der Waals surface area contributed by atoms with Crippen molar-refractivity contribution < 1.29 is 8.42 Å². The van der Waals surface area contributed by atoms with E-state index in [1.165, 1.54) is 0 Å². The minimum atomic E-state index is -3.05. The molecule has 3 heterocycles. The Balaban J connectivity index is 1.39. The zero-order chi connectivity index (χ0) is 16.7. The molecule has 0 spiro atoms. The van der Waals surface area contributed by atoms with E-state index in [0.717, 1.165) is 54.8 Å². The number of piperidine rings is 1. The lowest BCUT2D eigenvalue weighted by Gasteiger charge is -2.34. The predicted octanol–water partition coefficient (Wildman–Crippen LogP) is 2.33. The van der Waals surface area contributed by atoms with Gasteiger partial charge in [-0.1, -0.05) is 0 Å². The van der Waals surface area contributed by atoms with E-state index in [9.17, 15) is 8.42 Å². The van der Waals surface area contributed by atoms with Crippen molar-refractivity contribution in [1.82, 2.24) is 14.3 Å². The minimum Gasteiger partial charge on any atom is -0.356 e. The Morgan fingerprint density at radius 1 is 1.25 bits per heavy atom. The number of aromatic nitrogens is 2. The van der Waals surface area contributed by atoms with Crippen LogP contribution in [0.5, 0.6) is 0 Å². The van der Waals surface area contributed by atoms with Gasteiger partial charge in [-0.2, -0.15) is 0 Å². The molecule has 0 amide bonds. The zero-order valence-electron chi connectivity index (χ0n) is 13.8. The molecule has 6 nitrogen and oxygen atoms in total. The maximum absolute atomic E-state index is 12.3. The fourth-order valence-electron chi connectivity index (χ4n) is 3.44. The summed E-state index contributed by atoms with van der Waals surface area (Å²) >= 11 is 1.63. The van der Waals surface area contributed by atoms with Crippen LogP contribution in [0.2, 0.25) is 0 Å². The first-order valence-corrected chi connectivity index (χ1v) is 10.8. The highest BCUT2D eigenvalue weighted by Gasteiger charge is 2.39. The summed E-state index contributed by atoms with van der Waals surface area (Å²) in [6, 6.07) is 2.08. The second kappa shape index (κ2) is 6.24. The van der Waals surface area contributed by atoms with Crippen LogP contribution < -0.4 is 4.90 Å². The lowest BCUT2D eigenvalue weighted by molar-refractivity contribution is 0.327. The normalized spacial score (nSPS) is 20.2. The molecular weight excluding hydrogens is 344 g/mol. The average Bonchev–Trinajstić information content (AvgIpc) is 3.34. The highest BCUT2D eigenvalue weighted by molar-refractivity contribution is 7.90. The molecule has 2 aromatic heterocycles. The van der Waals surface area contributed by atoms with E-state index in [2.05, 4.69) is 20.9 Å². The molecule has 2 fully saturated rings. The van der Waals surface area contributed by atoms with E-state index in [1.807, 2.05) is 5.38 Å². The van der Waals surface area contributed by atoms with E-state index < -0.39 is 10.0 Å². The molecule has 4 rings (SSSR count). The van der Waals surface area contributed by atoms with Crippen LogP contribution in [0.15, 0.2) is 17.8 Å². The lowest BCUT2D eigenvalue weighted by atomic mass is 9.97. The molecule has 0 unspecified atom stereocenters. The summed E-state index contributed by atoms with van der Waals surface area (Å²) in [4.78, 5) is 12.1. The van der Waals surface area contributed by atoms with E-state index in [4.69, 9.17) is 0 Å². The van der Waals surface area contributed by atoms with Crippen molar-refractivity contribution >= 4 is 37.4 Å². The molecule has 0 N–H and O–H groups in total. The predicted molar refractivity (Wildman–Crippen MR) is 96.9 cm³/mol. The van der Waals surface area contributed by atoms with Gasteiger partial charge in [-0.15, -0.1) is 11.3 Å². The summed E-state index contributed by atoms with van der Waals surface area (Å²) in [5.74, 6) is 1.44. The van der Waals surface area contributed by atoms with Crippen LogP contribution in [0.1, 0.15) is 25.7 Å². The van der Waals surface area contributed by atoms with E-state index in [1.54, 1.807) is 29.0 Å². The molecule has 1 saturated heterocycles. The van der Waals surface area contributed by atoms with Gasteiger partial charge in [0.1, 0.15) is 17.0 Å². The smallest absolute Gasteiger partial charge is 0.216 e. The van der Waals surface area contributed by atoms with Gasteiger partial charge in [0.15, 0.2) is 0 Å². The van der Waals surface area contributed by atoms with E-state index >= 15 is 0 Å². The molecule has 2 aliphatic rings. The van der Waals surface area contributed by atoms with Crippen LogP contribution in [-0.4, -0.2) is 54.6 Å². The van der Waals surface area contributed by atoms with Crippen LogP contribution in [0, 0.1) is 5.92 Å². The fraction of sp³-hybridized carbons (Fsp3) is 0.625. The molecule has 1 aliphatic carbocycles. The van der Waals surface area contributed by atoms with Gasteiger partial charge < -0.3 is 4.90 Å². The Hall–Kier alpha value is -1.25. The lowest BCUT2D eigenvalue weighted by Crippen LogP contribution is -2.40. The molecular formula is C16H22N4O2S2. The molecule has 0 bridgehead atoms. The first kappa shape index (κ1) is 16.2. The van der Waals surface area contributed by atoms with Crippen molar-refractivity contribution in [1.29, 1.82) is 0 Å². The quantitative estimate of drug-likeness (QED) is 0.812. The highest BCUT2D eigenvalue weighted by Crippen LogP contribution is 2.33. The topological polar surface area (TPSA) is 66.4 Å². The first-order valence-electron chi connectivity index (χ1n) is 8.44. The summed E-state index contributed by atoms with van der Waals surface area (Å²) < 4.78 is 26.1. The molecule has 24 heavy (non-hydrogen) atoms. The maximum atomic E-state index is 12.3. The summed E-state index contributed by atoms with van der Waals surface area (Å²) in [6.07, 6.45) is 5.29. The molecule has 130 valence electrons. The van der Waals surface area contributed by atoms with Gasteiger partial charge in [0, 0.05) is 26.7 Å². The largest absolute Gasteiger partial charge is 0.356 e. The zero-order valence-corrected chi connectivity index (χ0v) is 15.4. The monoisotopic (exact) mass is 366 g/mol. The summed E-state index contributed by atoms with van der Waals surface area (Å²) in [5.41, 5.74) is 0. The van der Waals surface area contributed by atoms with Gasteiger partial charge in [0.2, 0.25) is 10.0 Å². The third-order valence-electron chi connectivity index (χ3n) is 5.05. The first-order chi connectivity index (χ1) is 11.6. The minimum absolute atomic E-state index is 0.115. The van der Waals surface area contributed by atoms with Gasteiger partial charge in [-0.05, 0) is 43.0 Å². The Kier molecular flexibility index (Phi) is 4.22. The van der Waals surface area contributed by atoms with Gasteiger partial charge >= 0.3 is 0 Å². The second-order valence-corrected chi connectivity index (χ2v) is 10.0. The number of fused-ring (bicyclic) bond motifs is 1. The third-order valence-corrected chi connectivity index (χ3v) is 8.20. The number of rotatable bonds is 5.